The lowest BCUT2D eigenvalue weighted by Crippen LogP contribution is -2.33. The number of fused-ring (bicyclic) bond motifs is 25. The summed E-state index contributed by atoms with van der Waals surface area (Å²) in [7, 11) is 0. The van der Waals surface area contributed by atoms with Crippen LogP contribution in [0.5, 0.6) is 0 Å². The first-order valence-corrected chi connectivity index (χ1v) is 39.7. The van der Waals surface area contributed by atoms with E-state index in [1.807, 2.05) is 0 Å². The zero-order valence-electron chi connectivity index (χ0n) is 62.5. The van der Waals surface area contributed by atoms with E-state index in [2.05, 4.69) is 452 Å². The number of para-hydroxylation sites is 2. The number of hydrogen-bond donors (Lipinski definition) is 1. The number of rotatable bonds is 10. The van der Waals surface area contributed by atoms with Gasteiger partial charge in [0.2, 0.25) is 0 Å². The van der Waals surface area contributed by atoms with E-state index in [1.54, 1.807) is 0 Å². The molecule has 0 atom stereocenters. The molecule has 3 nitrogen and oxygen atoms in total. The molecular formula is C111H73N3. The number of anilines is 5. The van der Waals surface area contributed by atoms with Crippen molar-refractivity contribution in [3.8, 4) is 83.6 Å². The van der Waals surface area contributed by atoms with Crippen LogP contribution in [0, 0.1) is 0 Å². The lowest BCUT2D eigenvalue weighted by Gasteiger charge is -2.39. The van der Waals surface area contributed by atoms with Crippen LogP contribution >= 0.6 is 0 Å². The number of aromatic nitrogens is 1. The van der Waals surface area contributed by atoms with Crippen LogP contribution in [0.25, 0.3) is 105 Å². The molecule has 3 heteroatoms. The number of nitrogens with one attached hydrogen (secondary N) is 1. The van der Waals surface area contributed by atoms with Crippen molar-refractivity contribution in [3.63, 3.8) is 0 Å². The zero-order valence-corrected chi connectivity index (χ0v) is 62.5. The molecule has 19 aromatic rings. The predicted molar refractivity (Wildman–Crippen MR) is 472 cm³/mol. The highest BCUT2D eigenvalue weighted by Crippen LogP contribution is 2.65. The van der Waals surface area contributed by atoms with Crippen molar-refractivity contribution in [2.24, 2.45) is 0 Å². The van der Waals surface area contributed by atoms with Crippen LogP contribution in [0.2, 0.25) is 0 Å². The molecule has 0 saturated heterocycles. The topological polar surface area (TPSA) is 20.2 Å². The summed E-state index contributed by atoms with van der Waals surface area (Å²) in [5, 5.41) is 6.25. The van der Waals surface area contributed by atoms with E-state index in [0.29, 0.717) is 0 Å². The van der Waals surface area contributed by atoms with Crippen LogP contribution in [-0.2, 0) is 16.2 Å². The third-order valence-electron chi connectivity index (χ3n) is 25.4. The van der Waals surface area contributed by atoms with Gasteiger partial charge in [-0.05, 0) is 217 Å². The molecule has 0 bridgehead atoms. The normalized spacial score (nSPS) is 13.6. The third kappa shape index (κ3) is 9.45. The molecule has 0 fully saturated rings. The Morgan fingerprint density at radius 2 is 0.544 bits per heavy atom. The van der Waals surface area contributed by atoms with Crippen molar-refractivity contribution in [1.29, 1.82) is 0 Å². The quantitative estimate of drug-likeness (QED) is 0.147. The third-order valence-corrected chi connectivity index (χ3v) is 25.4. The number of nitrogens with zero attached hydrogens (tertiary/aromatic N) is 2. The monoisotopic (exact) mass is 1450 g/mol. The van der Waals surface area contributed by atoms with Gasteiger partial charge in [0.25, 0.3) is 0 Å². The Morgan fingerprint density at radius 1 is 0.202 bits per heavy atom. The Hall–Kier alpha value is -14.6. The molecule has 2 spiro atoms. The predicted octanol–water partition coefficient (Wildman–Crippen LogP) is 28.1. The largest absolute Gasteiger partial charge is 0.356 e. The van der Waals surface area contributed by atoms with Crippen LogP contribution in [0.1, 0.15) is 66.8 Å². The Labute approximate surface area is 664 Å². The number of hydrogen-bond acceptors (Lipinski definition) is 2. The first kappa shape index (κ1) is 65.3. The Bertz CT molecular complexity index is 6890. The van der Waals surface area contributed by atoms with E-state index in [1.165, 1.54) is 167 Å². The summed E-state index contributed by atoms with van der Waals surface area (Å²) in [6.45, 7) is 0. The van der Waals surface area contributed by atoms with Crippen molar-refractivity contribution in [3.05, 3.63) is 504 Å². The van der Waals surface area contributed by atoms with Gasteiger partial charge in [0.05, 0.1) is 33.0 Å². The maximum atomic E-state index is 3.69. The van der Waals surface area contributed by atoms with E-state index in [4.69, 9.17) is 0 Å². The summed E-state index contributed by atoms with van der Waals surface area (Å²) < 4.78 is 2.56. The fraction of sp³-hybridized carbons (Fsp3) is 0.0270. The van der Waals surface area contributed by atoms with Crippen molar-refractivity contribution in [1.82, 2.24) is 4.57 Å². The van der Waals surface area contributed by atoms with Gasteiger partial charge in [0.15, 0.2) is 0 Å². The molecule has 1 aliphatic heterocycles. The highest BCUT2D eigenvalue weighted by Gasteiger charge is 2.53. The highest BCUT2D eigenvalue weighted by atomic mass is 15.1. The minimum Gasteiger partial charge on any atom is -0.356 e. The van der Waals surface area contributed by atoms with Crippen LogP contribution in [-0.4, -0.2) is 4.57 Å². The average molecular weight is 1450 g/mol. The maximum Gasteiger partial charge on any atom is 0.0754 e. The minimum absolute atomic E-state index is 0.312. The highest BCUT2D eigenvalue weighted by molar-refractivity contribution is 6.13. The van der Waals surface area contributed by atoms with Crippen molar-refractivity contribution >= 4 is 50.2 Å². The number of benzene rings is 18. The van der Waals surface area contributed by atoms with Gasteiger partial charge < -0.3 is 14.8 Å². The fourth-order valence-electron chi connectivity index (χ4n) is 20.7. The summed E-state index contributed by atoms with van der Waals surface area (Å²) in [4.78, 5) is 2.44. The van der Waals surface area contributed by atoms with E-state index in [-0.39, 0.29) is 5.41 Å². The zero-order chi connectivity index (χ0) is 75.1. The molecule has 2 heterocycles. The summed E-state index contributed by atoms with van der Waals surface area (Å²) in [5.74, 6) is 0. The van der Waals surface area contributed by atoms with Crippen LogP contribution in [0.4, 0.5) is 28.4 Å². The van der Waals surface area contributed by atoms with Gasteiger partial charge in [-0.25, -0.2) is 0 Å². The Morgan fingerprint density at radius 3 is 1.04 bits per heavy atom. The van der Waals surface area contributed by atoms with Gasteiger partial charge >= 0.3 is 0 Å². The first-order chi connectivity index (χ1) is 56.5. The van der Waals surface area contributed by atoms with Gasteiger partial charge in [-0.3, -0.25) is 0 Å². The lowest BCUT2D eigenvalue weighted by atomic mass is 9.65. The van der Waals surface area contributed by atoms with Gasteiger partial charge in [0, 0.05) is 39.2 Å². The molecule has 5 aliphatic rings. The van der Waals surface area contributed by atoms with E-state index >= 15 is 0 Å². The molecule has 18 aromatic carbocycles. The van der Waals surface area contributed by atoms with Gasteiger partial charge in [-0.2, -0.15) is 0 Å². The SMILES string of the molecule is c1ccc(-c2ccc(N(c3ccc(-c4ccc5c(c4)-n4c6ccccc6c6cccc(c64)C54c5ccccc5-c5ccccc54)cc3)c3ccc4c(c3)C(c3ccccc3)(c3ccccc3)c3ccccc3-4)cc2)cc1.c1ccc(-c2ccc(Nc3ccc4c(c3)C3(c5ccccc5-c5ccccc53)c3ccccc3-4)cc2)cc1. The molecule has 1 N–H and O–H groups in total. The molecule has 4 aliphatic carbocycles. The standard InChI is InChI=1S/C74H48N2.C37H25N/c1-4-19-49(20-5-1)50-35-40-55(41-36-50)75(57-44-45-61-60-27-10-14-30-64(60)73(69(61)48-57,53-21-6-2-7-22-53)54-23-8-3-9-24-54)56-42-37-51(38-43-56)52-39-46-67-71(47-52)76-70-34-17-13-28-62(70)63-29-18-33-68(72(63)76)74(67)65-31-15-11-25-58(65)59-26-12-16-32-66(59)74;1-2-10-25(11-3-1)26-18-20-27(21-19-26)38-28-22-23-32-31-14-6-9-17-35(31)37(36(32)24-28)33-15-7-4-12-29(33)30-13-5-8-16-34(30)37/h1-48H;1-24,38H. The summed E-state index contributed by atoms with van der Waals surface area (Å²) in [5.41, 5.74) is 41.4. The Balaban J connectivity index is 0.000000169. The second-order valence-corrected chi connectivity index (χ2v) is 30.9. The molecule has 0 amide bonds. The fourth-order valence-corrected chi connectivity index (χ4v) is 20.7. The molecule has 0 unspecified atom stereocenters. The lowest BCUT2D eigenvalue weighted by molar-refractivity contribution is 0.748. The van der Waals surface area contributed by atoms with Crippen molar-refractivity contribution < 1.29 is 0 Å². The molecule has 114 heavy (non-hydrogen) atoms. The average Bonchev–Trinajstić information content (AvgIpc) is 1.49. The van der Waals surface area contributed by atoms with Gasteiger partial charge in [0.1, 0.15) is 0 Å². The molecule has 1 aromatic heterocycles. The Kier molecular flexibility index (Phi) is 14.7. The van der Waals surface area contributed by atoms with Crippen molar-refractivity contribution in [2.75, 3.05) is 10.2 Å². The van der Waals surface area contributed by atoms with Crippen molar-refractivity contribution in [2.45, 2.75) is 16.2 Å². The van der Waals surface area contributed by atoms with Crippen LogP contribution in [0.15, 0.2) is 437 Å². The summed E-state index contributed by atoms with van der Waals surface area (Å²) in [6, 6.07) is 162. The molecule has 0 radical (unpaired) electrons. The van der Waals surface area contributed by atoms with Crippen LogP contribution in [0.3, 0.4) is 0 Å². The van der Waals surface area contributed by atoms with E-state index < -0.39 is 10.8 Å². The van der Waals surface area contributed by atoms with E-state index in [0.717, 1.165) is 34.0 Å². The van der Waals surface area contributed by atoms with Gasteiger partial charge in [-0.1, -0.05) is 364 Å². The smallest absolute Gasteiger partial charge is 0.0754 e. The van der Waals surface area contributed by atoms with Gasteiger partial charge in [-0.15, -0.1) is 0 Å². The molecular weight excluding hydrogens is 1380 g/mol. The maximum absolute atomic E-state index is 3.69. The second-order valence-electron chi connectivity index (χ2n) is 30.9. The van der Waals surface area contributed by atoms with Crippen LogP contribution < -0.4 is 10.2 Å². The summed E-state index contributed by atoms with van der Waals surface area (Å²) in [6.07, 6.45) is 0. The van der Waals surface area contributed by atoms with E-state index in [9.17, 15) is 0 Å². The summed E-state index contributed by atoms with van der Waals surface area (Å²) >= 11 is 0. The molecule has 0 saturated carbocycles. The molecule has 24 rings (SSSR count). The molecule has 532 valence electrons. The minimum atomic E-state index is -0.526. The second kappa shape index (κ2) is 25.7. The first-order valence-electron chi connectivity index (χ1n) is 39.7.